The molecule has 0 aliphatic rings. The molecule has 1 nitrogen and oxygen atoms in total. The van der Waals surface area contributed by atoms with Gasteiger partial charge in [0, 0.05) is 0 Å². The summed E-state index contributed by atoms with van der Waals surface area (Å²) in [6, 6.07) is 20.4. The zero-order chi connectivity index (χ0) is 58.8. The minimum absolute atomic E-state index is 0.0618. The molecular weight excluding hydrogens is 937 g/mol. The van der Waals surface area contributed by atoms with Gasteiger partial charge in [-0.3, -0.25) is 0 Å². The van der Waals surface area contributed by atoms with Crippen molar-refractivity contribution in [3.05, 3.63) is 115 Å². The molecule has 0 N–H and O–H groups in total. The molecule has 4 rings (SSSR count). The number of hydrogen-bond acceptors (Lipinski definition) is 1. The van der Waals surface area contributed by atoms with E-state index in [0.717, 1.165) is 0 Å². The summed E-state index contributed by atoms with van der Waals surface area (Å²) in [7, 11) is -4.30. The Labute approximate surface area is 469 Å². The van der Waals surface area contributed by atoms with Crippen LogP contribution >= 0.6 is 0 Å². The molecule has 0 aromatic heterocycles. The van der Waals surface area contributed by atoms with Crippen LogP contribution in [-0.4, -0.2) is 18.1 Å². The lowest BCUT2D eigenvalue weighted by Gasteiger charge is -2.43. The second kappa shape index (κ2) is 20.1. The zero-order valence-electron chi connectivity index (χ0n) is 56.0. The minimum Gasteiger partial charge on any atom is -0.442 e. The fourth-order valence-electron chi connectivity index (χ4n) is 12.5. The lowest BCUT2D eigenvalue weighted by atomic mass is 9.68. The van der Waals surface area contributed by atoms with Gasteiger partial charge in [0.05, 0.1) is 0 Å². The highest BCUT2D eigenvalue weighted by molar-refractivity contribution is 6.92. The van der Waals surface area contributed by atoms with E-state index in [2.05, 4.69) is 298 Å². The Hall–Kier alpha value is -2.73. The van der Waals surface area contributed by atoms with Crippen LogP contribution in [0.15, 0.2) is 48.5 Å². The summed E-state index contributed by atoms with van der Waals surface area (Å²) < 4.78 is 9.11. The highest BCUT2D eigenvalue weighted by Crippen LogP contribution is 2.46. The van der Waals surface area contributed by atoms with Crippen LogP contribution in [0, 0.1) is 0 Å². The fraction of sp³-hybridized carbons (Fsp3) is 0.667. The van der Waals surface area contributed by atoms with Gasteiger partial charge in [-0.05, 0) is 152 Å². The highest BCUT2D eigenvalue weighted by atomic mass is 28.4. The van der Waals surface area contributed by atoms with Gasteiger partial charge < -0.3 is 4.12 Å². The Morgan fingerprint density at radius 3 is 0.427 bits per heavy atom. The normalized spacial score (nSPS) is 14.7. The zero-order valence-corrected chi connectivity index (χ0v) is 58.0. The monoisotopic (exact) mass is 1050 g/mol. The molecule has 0 amide bonds. The third-order valence-corrected chi connectivity index (χ3v) is 20.5. The van der Waals surface area contributed by atoms with Crippen LogP contribution in [0.2, 0.25) is 0 Å². The van der Waals surface area contributed by atoms with Gasteiger partial charge in [-0.2, -0.15) is 0 Å². The maximum atomic E-state index is 9.11. The van der Waals surface area contributed by atoms with Crippen LogP contribution in [0.5, 0.6) is 0 Å². The predicted octanol–water partition coefficient (Wildman–Crippen LogP) is 18.2. The lowest BCUT2D eigenvalue weighted by Crippen LogP contribution is -2.61. The van der Waals surface area contributed by atoms with Crippen molar-refractivity contribution in [3.8, 4) is 0 Å². The minimum atomic E-state index is -2.15. The van der Waals surface area contributed by atoms with Crippen LogP contribution in [0.1, 0.15) is 316 Å². The second-order valence-corrected chi connectivity index (χ2v) is 39.7. The standard InChI is InChI=1S/C72H116OSi2/c1-61(2,3)45-37-41-49(57(69(25,26)27)53(45)65(13,14)15)74(50-42-38-46(62(4,5)6)54(66(16,17)18)58(50)70(28,29)30)73-75(51-43-39-47(63(7,8)9)55(67(19,20)21)59(51)71(31,32)33)52-44-40-48(64(10,11)12)56(68(22,23)24)60(52)72(34,35)36/h37-44H,1-36H3. The van der Waals surface area contributed by atoms with Gasteiger partial charge in [-0.1, -0.05) is 298 Å². The molecule has 0 unspecified atom stereocenters. The lowest BCUT2D eigenvalue weighted by molar-refractivity contribution is 0.495. The van der Waals surface area contributed by atoms with Gasteiger partial charge in [0.15, 0.2) is 0 Å². The molecule has 3 heteroatoms. The molecule has 0 bridgehead atoms. The second-order valence-electron chi connectivity index (χ2n) is 35.4. The van der Waals surface area contributed by atoms with E-state index < -0.39 is 18.1 Å². The summed E-state index contributed by atoms with van der Waals surface area (Å²) in [5, 5.41) is 5.62. The Balaban J connectivity index is 2.68. The number of benzene rings is 4. The summed E-state index contributed by atoms with van der Waals surface area (Å²) in [6.45, 7) is 88.1. The molecular formula is C72H116OSi2. The van der Waals surface area contributed by atoms with E-state index in [1.165, 1.54) is 87.5 Å². The molecule has 4 aromatic carbocycles. The van der Waals surface area contributed by atoms with E-state index in [4.69, 9.17) is 4.12 Å². The molecule has 0 saturated heterocycles. The summed E-state index contributed by atoms with van der Waals surface area (Å²) in [5.74, 6) is 0. The molecule has 75 heavy (non-hydrogen) atoms. The van der Waals surface area contributed by atoms with Crippen LogP contribution in [-0.2, 0) is 69.1 Å². The number of rotatable bonds is 6. The molecule has 0 aliphatic carbocycles. The van der Waals surface area contributed by atoms with Crippen molar-refractivity contribution >= 4 is 38.8 Å². The number of hydrogen-bond donors (Lipinski definition) is 0. The fourth-order valence-corrected chi connectivity index (χ4v) is 19.5. The van der Waals surface area contributed by atoms with Crippen molar-refractivity contribution < 1.29 is 4.12 Å². The summed E-state index contributed by atoms with van der Waals surface area (Å²) in [6.07, 6.45) is 0. The first-order chi connectivity index (χ1) is 32.9. The molecule has 0 fully saturated rings. The largest absolute Gasteiger partial charge is 0.442 e. The van der Waals surface area contributed by atoms with Crippen LogP contribution < -0.4 is 20.7 Å². The summed E-state index contributed by atoms with van der Waals surface area (Å²) in [4.78, 5) is 0. The Morgan fingerprint density at radius 1 is 0.187 bits per heavy atom. The maximum Gasteiger partial charge on any atom is 0.273 e. The van der Waals surface area contributed by atoms with Crippen molar-refractivity contribution in [1.29, 1.82) is 0 Å². The Kier molecular flexibility index (Phi) is 17.4. The highest BCUT2D eigenvalue weighted by Gasteiger charge is 2.46. The van der Waals surface area contributed by atoms with Crippen LogP contribution in [0.25, 0.3) is 0 Å². The summed E-state index contributed by atoms with van der Waals surface area (Å²) in [5.41, 5.74) is 16.0. The van der Waals surface area contributed by atoms with Gasteiger partial charge in [0.25, 0.3) is 18.1 Å². The van der Waals surface area contributed by atoms with Crippen molar-refractivity contribution in [2.45, 2.75) is 314 Å². The average Bonchev–Trinajstić information content (AvgIpc) is 3.15. The SMILES string of the molecule is CC(C)(C)c1ccc([Si](O[Si](c2ccc(C(C)(C)C)c(C(C)(C)C)c2C(C)(C)C)c2ccc(C(C)(C)C)c(C(C)(C)C)c2C(C)(C)C)c2ccc(C(C)(C)C)c(C(C)(C)C)c2C(C)(C)C)c(C(C)(C)C)c1C(C)(C)C. The van der Waals surface area contributed by atoms with Crippen molar-refractivity contribution in [3.63, 3.8) is 0 Å². The predicted molar refractivity (Wildman–Crippen MR) is 341 cm³/mol. The Morgan fingerprint density at radius 2 is 0.320 bits per heavy atom. The molecule has 0 saturated carbocycles. The quantitative estimate of drug-likeness (QED) is 0.175. The van der Waals surface area contributed by atoms with Gasteiger partial charge in [-0.15, -0.1) is 0 Å². The summed E-state index contributed by atoms with van der Waals surface area (Å²) >= 11 is 0. The third-order valence-electron chi connectivity index (χ3n) is 15.2. The molecule has 418 valence electrons. The Bertz CT molecular complexity index is 2330. The molecule has 2 radical (unpaired) electrons. The van der Waals surface area contributed by atoms with Crippen LogP contribution in [0.3, 0.4) is 0 Å². The van der Waals surface area contributed by atoms with Gasteiger partial charge >= 0.3 is 0 Å². The molecule has 0 aliphatic heterocycles. The van der Waals surface area contributed by atoms with E-state index in [1.807, 2.05) is 0 Å². The van der Waals surface area contributed by atoms with Crippen LogP contribution in [0.4, 0.5) is 0 Å². The molecule has 0 spiro atoms. The molecule has 0 atom stereocenters. The topological polar surface area (TPSA) is 9.23 Å². The first-order valence-electron chi connectivity index (χ1n) is 29.1. The maximum absolute atomic E-state index is 9.11. The van der Waals surface area contributed by atoms with Gasteiger partial charge in [-0.25, -0.2) is 0 Å². The van der Waals surface area contributed by atoms with E-state index in [-0.39, 0.29) is 65.0 Å². The van der Waals surface area contributed by atoms with E-state index in [0.29, 0.717) is 0 Å². The molecule has 0 heterocycles. The van der Waals surface area contributed by atoms with Crippen molar-refractivity contribution in [2.24, 2.45) is 0 Å². The first-order valence-corrected chi connectivity index (χ1v) is 31.9. The van der Waals surface area contributed by atoms with E-state index in [1.54, 1.807) is 0 Å². The van der Waals surface area contributed by atoms with Crippen molar-refractivity contribution in [1.82, 2.24) is 0 Å². The van der Waals surface area contributed by atoms with Gasteiger partial charge in [0.2, 0.25) is 0 Å². The first kappa shape index (κ1) is 64.8. The smallest absolute Gasteiger partial charge is 0.273 e. The van der Waals surface area contributed by atoms with E-state index in [9.17, 15) is 0 Å². The van der Waals surface area contributed by atoms with E-state index >= 15 is 0 Å². The van der Waals surface area contributed by atoms with Gasteiger partial charge in [0.1, 0.15) is 0 Å². The van der Waals surface area contributed by atoms with Crippen molar-refractivity contribution in [2.75, 3.05) is 0 Å². The third kappa shape index (κ3) is 13.8. The molecule has 4 aromatic rings. The average molecular weight is 1050 g/mol.